The van der Waals surface area contributed by atoms with Gasteiger partial charge in [-0.15, -0.1) is 0 Å². The Kier molecular flexibility index (Phi) is 5.08. The molecule has 1 saturated heterocycles. The van der Waals surface area contributed by atoms with Crippen molar-refractivity contribution in [1.29, 1.82) is 0 Å². The van der Waals surface area contributed by atoms with E-state index in [0.29, 0.717) is 12.5 Å². The molecule has 4 heteroatoms. The summed E-state index contributed by atoms with van der Waals surface area (Å²) in [5.74, 6) is 0.912. The highest BCUT2D eigenvalue weighted by Gasteiger charge is 2.37. The molecular formula is C18H26N2O2. The molecule has 120 valence electrons. The summed E-state index contributed by atoms with van der Waals surface area (Å²) in [6.45, 7) is 1.57. The van der Waals surface area contributed by atoms with E-state index in [1.165, 1.54) is 31.2 Å². The quantitative estimate of drug-likeness (QED) is 0.873. The zero-order valence-corrected chi connectivity index (χ0v) is 13.2. The number of aromatic nitrogens is 1. The van der Waals surface area contributed by atoms with Gasteiger partial charge in [0.25, 0.3) is 0 Å². The van der Waals surface area contributed by atoms with Gasteiger partial charge in [-0.05, 0) is 30.5 Å². The molecule has 1 aromatic rings. The fourth-order valence-corrected chi connectivity index (χ4v) is 4.01. The number of rotatable bonds is 3. The van der Waals surface area contributed by atoms with Gasteiger partial charge in [-0.1, -0.05) is 25.7 Å². The van der Waals surface area contributed by atoms with E-state index < -0.39 is 0 Å². The fraction of sp³-hybridized carbons (Fsp3) is 0.667. The Balaban J connectivity index is 1.69. The number of nitrogens with zero attached hydrogens (tertiary/aromatic N) is 2. The molecule has 0 unspecified atom stereocenters. The number of aliphatic hydroxyl groups excluding tert-OH is 1. The number of carbonyl (C=O) groups is 1. The van der Waals surface area contributed by atoms with Gasteiger partial charge in [0.1, 0.15) is 0 Å². The molecule has 22 heavy (non-hydrogen) atoms. The van der Waals surface area contributed by atoms with Crippen LogP contribution in [0.15, 0.2) is 24.5 Å². The van der Waals surface area contributed by atoms with Crippen LogP contribution in [0.3, 0.4) is 0 Å². The first kappa shape index (κ1) is 15.5. The summed E-state index contributed by atoms with van der Waals surface area (Å²) in [5.41, 5.74) is 1.19. The molecule has 4 nitrogen and oxygen atoms in total. The van der Waals surface area contributed by atoms with E-state index in [1.807, 2.05) is 17.0 Å². The lowest BCUT2D eigenvalue weighted by molar-refractivity contribution is -0.135. The van der Waals surface area contributed by atoms with Crippen molar-refractivity contribution < 1.29 is 9.90 Å². The van der Waals surface area contributed by atoms with Crippen molar-refractivity contribution in [2.75, 3.05) is 19.7 Å². The summed E-state index contributed by atoms with van der Waals surface area (Å²) >= 11 is 0. The summed E-state index contributed by atoms with van der Waals surface area (Å²) in [7, 11) is 0. The van der Waals surface area contributed by atoms with Crippen molar-refractivity contribution in [2.45, 2.75) is 44.4 Å². The fourth-order valence-electron chi connectivity index (χ4n) is 4.01. The average Bonchev–Trinajstić information content (AvgIpc) is 2.81. The van der Waals surface area contributed by atoms with Crippen LogP contribution < -0.4 is 0 Å². The van der Waals surface area contributed by atoms with Gasteiger partial charge in [0.05, 0.1) is 0 Å². The first-order chi connectivity index (χ1) is 10.8. The molecule has 1 aromatic heterocycles. The summed E-state index contributed by atoms with van der Waals surface area (Å²) in [5, 5.41) is 9.70. The molecule has 2 atom stereocenters. The van der Waals surface area contributed by atoms with Crippen molar-refractivity contribution >= 4 is 5.91 Å². The molecule has 1 N–H and O–H groups in total. The number of hydrogen-bond acceptors (Lipinski definition) is 3. The maximum atomic E-state index is 12.8. The van der Waals surface area contributed by atoms with E-state index in [0.717, 1.165) is 19.4 Å². The van der Waals surface area contributed by atoms with Gasteiger partial charge in [-0.2, -0.15) is 0 Å². The largest absolute Gasteiger partial charge is 0.396 e. The van der Waals surface area contributed by atoms with Crippen LogP contribution in [0.2, 0.25) is 0 Å². The average molecular weight is 302 g/mol. The Bertz CT molecular complexity index is 483. The summed E-state index contributed by atoms with van der Waals surface area (Å²) < 4.78 is 0. The third kappa shape index (κ3) is 3.32. The van der Waals surface area contributed by atoms with E-state index in [9.17, 15) is 9.90 Å². The van der Waals surface area contributed by atoms with Crippen molar-refractivity contribution in [2.24, 2.45) is 11.8 Å². The number of pyridine rings is 1. The lowest BCUT2D eigenvalue weighted by Crippen LogP contribution is -2.34. The normalized spacial score (nSPS) is 26.9. The van der Waals surface area contributed by atoms with Crippen LogP contribution in [0, 0.1) is 11.8 Å². The molecule has 3 rings (SSSR count). The van der Waals surface area contributed by atoms with E-state index >= 15 is 0 Å². The number of carbonyl (C=O) groups excluding carboxylic acids is 1. The van der Waals surface area contributed by atoms with Crippen molar-refractivity contribution in [3.05, 3.63) is 30.1 Å². The minimum atomic E-state index is 0.140. The molecule has 1 aliphatic carbocycles. The highest BCUT2D eigenvalue weighted by atomic mass is 16.3. The van der Waals surface area contributed by atoms with Crippen molar-refractivity contribution in [3.8, 4) is 0 Å². The Labute approximate surface area is 132 Å². The Morgan fingerprint density at radius 1 is 1.14 bits per heavy atom. The molecule has 0 radical (unpaired) electrons. The maximum Gasteiger partial charge on any atom is 0.225 e. The first-order valence-corrected chi connectivity index (χ1v) is 8.59. The van der Waals surface area contributed by atoms with E-state index in [1.54, 1.807) is 12.4 Å². The van der Waals surface area contributed by atoms with Gasteiger partial charge in [-0.3, -0.25) is 9.78 Å². The molecule has 0 spiro atoms. The molecule has 2 heterocycles. The first-order valence-electron chi connectivity index (χ1n) is 8.59. The highest BCUT2D eigenvalue weighted by Crippen LogP contribution is 2.34. The molecular weight excluding hydrogens is 276 g/mol. The van der Waals surface area contributed by atoms with E-state index in [2.05, 4.69) is 4.98 Å². The molecule has 1 aliphatic heterocycles. The number of amides is 1. The Morgan fingerprint density at radius 2 is 1.82 bits per heavy atom. The van der Waals surface area contributed by atoms with Crippen molar-refractivity contribution in [1.82, 2.24) is 9.88 Å². The summed E-state index contributed by atoms with van der Waals surface area (Å²) in [6.07, 6.45) is 10.6. The third-order valence-electron chi connectivity index (χ3n) is 5.33. The second kappa shape index (κ2) is 7.23. The van der Waals surface area contributed by atoms with Crippen LogP contribution in [-0.2, 0) is 4.79 Å². The van der Waals surface area contributed by atoms with Crippen LogP contribution in [-0.4, -0.2) is 40.6 Å². The molecule has 1 amide bonds. The van der Waals surface area contributed by atoms with Crippen LogP contribution in [0.25, 0.3) is 0 Å². The van der Waals surface area contributed by atoms with Gasteiger partial charge in [0.2, 0.25) is 5.91 Å². The number of aliphatic hydroxyl groups is 1. The summed E-state index contributed by atoms with van der Waals surface area (Å²) in [6, 6.07) is 4.01. The van der Waals surface area contributed by atoms with Gasteiger partial charge in [-0.25, -0.2) is 0 Å². The predicted molar refractivity (Wildman–Crippen MR) is 85.3 cm³/mol. The molecule has 0 aromatic carbocycles. The SMILES string of the molecule is O=C(C1CCCCCC1)N1C[C@@H](CO)[C@H](c2ccncc2)C1. The second-order valence-electron chi connectivity index (χ2n) is 6.76. The van der Waals surface area contributed by atoms with Gasteiger partial charge < -0.3 is 10.0 Å². The summed E-state index contributed by atoms with van der Waals surface area (Å²) in [4.78, 5) is 18.9. The van der Waals surface area contributed by atoms with Gasteiger partial charge >= 0.3 is 0 Å². The van der Waals surface area contributed by atoms with E-state index in [-0.39, 0.29) is 24.4 Å². The minimum Gasteiger partial charge on any atom is -0.396 e. The lowest BCUT2D eigenvalue weighted by atomic mass is 9.90. The molecule has 0 bridgehead atoms. The molecule has 2 fully saturated rings. The lowest BCUT2D eigenvalue weighted by Gasteiger charge is -2.22. The Morgan fingerprint density at radius 3 is 2.45 bits per heavy atom. The molecule has 1 saturated carbocycles. The monoisotopic (exact) mass is 302 g/mol. The minimum absolute atomic E-state index is 0.140. The van der Waals surface area contributed by atoms with Crippen LogP contribution in [0.1, 0.15) is 50.0 Å². The van der Waals surface area contributed by atoms with E-state index in [4.69, 9.17) is 0 Å². The number of hydrogen-bond donors (Lipinski definition) is 1. The standard InChI is InChI=1S/C18H26N2O2/c21-13-16-11-20(12-17(16)14-7-9-19-10-8-14)18(22)15-5-3-1-2-4-6-15/h7-10,15-17,21H,1-6,11-13H2/t16-,17-/m0/s1. The second-order valence-corrected chi connectivity index (χ2v) is 6.76. The molecule has 2 aliphatic rings. The van der Waals surface area contributed by atoms with Gasteiger partial charge in [0, 0.05) is 49.8 Å². The zero-order chi connectivity index (χ0) is 15.4. The van der Waals surface area contributed by atoms with Crippen LogP contribution >= 0.6 is 0 Å². The number of likely N-dealkylation sites (tertiary alicyclic amines) is 1. The highest BCUT2D eigenvalue weighted by molar-refractivity contribution is 5.79. The smallest absolute Gasteiger partial charge is 0.225 e. The van der Waals surface area contributed by atoms with Crippen molar-refractivity contribution in [3.63, 3.8) is 0 Å². The third-order valence-corrected chi connectivity index (χ3v) is 5.33. The van der Waals surface area contributed by atoms with Gasteiger partial charge in [0.15, 0.2) is 0 Å². The predicted octanol–water partition coefficient (Wildman–Crippen LogP) is 2.59. The Hall–Kier alpha value is -1.42. The van der Waals surface area contributed by atoms with Crippen LogP contribution in [0.5, 0.6) is 0 Å². The maximum absolute atomic E-state index is 12.8. The van der Waals surface area contributed by atoms with Crippen LogP contribution in [0.4, 0.5) is 0 Å². The zero-order valence-electron chi connectivity index (χ0n) is 13.2. The topological polar surface area (TPSA) is 53.4 Å².